The molecule has 0 heterocycles. The predicted octanol–water partition coefficient (Wildman–Crippen LogP) is 1.60. The second-order valence-corrected chi connectivity index (χ2v) is 4.51. The molecule has 0 saturated carbocycles. The number of hydrogen-bond acceptors (Lipinski definition) is 3. The lowest BCUT2D eigenvalue weighted by Gasteiger charge is -2.12. The molecule has 0 radical (unpaired) electrons. The van der Waals surface area contributed by atoms with Crippen molar-refractivity contribution in [2.45, 2.75) is 44.8 Å². The highest BCUT2D eigenvalue weighted by atomic mass is 16.3. The van der Waals surface area contributed by atoms with E-state index in [4.69, 9.17) is 0 Å². The number of hydrogen-bond donors (Lipinski definition) is 2. The van der Waals surface area contributed by atoms with Gasteiger partial charge in [-0.1, -0.05) is 31.9 Å². The van der Waals surface area contributed by atoms with Crippen molar-refractivity contribution < 1.29 is 15.0 Å². The van der Waals surface area contributed by atoms with Crippen LogP contribution in [0.1, 0.15) is 32.6 Å². The smallest absolute Gasteiger partial charge is 0.155 e. The number of carbonyl (C=O) groups excluding carboxylic acids is 1. The van der Waals surface area contributed by atoms with Gasteiger partial charge in [0.2, 0.25) is 0 Å². The summed E-state index contributed by atoms with van der Waals surface area (Å²) in [7, 11) is 0. The maximum Gasteiger partial charge on any atom is 0.155 e. The van der Waals surface area contributed by atoms with Gasteiger partial charge in [0.05, 0.1) is 12.2 Å². The van der Waals surface area contributed by atoms with Crippen LogP contribution in [-0.2, 0) is 4.79 Å². The molecule has 3 nitrogen and oxygen atoms in total. The molecule has 0 aromatic heterocycles. The van der Waals surface area contributed by atoms with Crippen LogP contribution in [0.2, 0.25) is 0 Å². The lowest BCUT2D eigenvalue weighted by molar-refractivity contribution is -0.115. The van der Waals surface area contributed by atoms with Crippen molar-refractivity contribution in [2.75, 3.05) is 0 Å². The van der Waals surface area contributed by atoms with Crippen LogP contribution in [0.15, 0.2) is 24.3 Å². The average molecular weight is 224 g/mol. The minimum Gasteiger partial charge on any atom is -0.389 e. The Bertz CT molecular complexity index is 281. The first-order valence-corrected chi connectivity index (χ1v) is 5.83. The van der Waals surface area contributed by atoms with Gasteiger partial charge in [0.1, 0.15) is 0 Å². The highest BCUT2D eigenvalue weighted by Crippen LogP contribution is 2.15. The van der Waals surface area contributed by atoms with Gasteiger partial charge in [-0.05, 0) is 24.5 Å². The summed E-state index contributed by atoms with van der Waals surface area (Å²) in [6, 6.07) is 0. The minimum absolute atomic E-state index is 0.0565. The maximum atomic E-state index is 11.4. The van der Waals surface area contributed by atoms with Crippen molar-refractivity contribution in [2.24, 2.45) is 5.92 Å². The largest absolute Gasteiger partial charge is 0.389 e. The van der Waals surface area contributed by atoms with Crippen molar-refractivity contribution in [1.29, 1.82) is 0 Å². The lowest BCUT2D eigenvalue weighted by atomic mass is 9.96. The molecule has 0 aliphatic heterocycles. The molecule has 1 rings (SSSR count). The van der Waals surface area contributed by atoms with Gasteiger partial charge in [0, 0.05) is 6.42 Å². The third kappa shape index (κ3) is 5.24. The second-order valence-electron chi connectivity index (χ2n) is 4.51. The SMILES string of the molecule is C[C@H]1CCCC(O)/C=C\[C@H](O)/C=C/C(=O)C1. The molecule has 0 amide bonds. The molecule has 16 heavy (non-hydrogen) atoms. The normalized spacial score (nSPS) is 37.2. The highest BCUT2D eigenvalue weighted by Gasteiger charge is 2.09. The van der Waals surface area contributed by atoms with Gasteiger partial charge in [-0.25, -0.2) is 0 Å². The fourth-order valence-corrected chi connectivity index (χ4v) is 1.80. The first kappa shape index (κ1) is 13.1. The van der Waals surface area contributed by atoms with Crippen molar-refractivity contribution in [3.05, 3.63) is 24.3 Å². The average Bonchev–Trinajstić information content (AvgIpc) is 2.22. The van der Waals surface area contributed by atoms with E-state index in [1.165, 1.54) is 18.2 Å². The van der Waals surface area contributed by atoms with Gasteiger partial charge in [-0.2, -0.15) is 0 Å². The Labute approximate surface area is 96.5 Å². The van der Waals surface area contributed by atoms with Gasteiger partial charge in [0.25, 0.3) is 0 Å². The first-order chi connectivity index (χ1) is 7.58. The summed E-state index contributed by atoms with van der Waals surface area (Å²) < 4.78 is 0. The summed E-state index contributed by atoms with van der Waals surface area (Å²) in [4.78, 5) is 11.4. The quantitative estimate of drug-likeness (QED) is 0.614. The van der Waals surface area contributed by atoms with Gasteiger partial charge in [-0.3, -0.25) is 4.79 Å². The summed E-state index contributed by atoms with van der Waals surface area (Å²) in [5.41, 5.74) is 0. The lowest BCUT2D eigenvalue weighted by Crippen LogP contribution is -2.09. The van der Waals surface area contributed by atoms with E-state index >= 15 is 0 Å². The van der Waals surface area contributed by atoms with Crippen LogP contribution < -0.4 is 0 Å². The number of ketones is 1. The van der Waals surface area contributed by atoms with Crippen molar-refractivity contribution in [3.63, 3.8) is 0 Å². The van der Waals surface area contributed by atoms with E-state index in [2.05, 4.69) is 0 Å². The number of aliphatic hydroxyl groups excluding tert-OH is 2. The number of rotatable bonds is 0. The summed E-state index contributed by atoms with van der Waals surface area (Å²) in [6.45, 7) is 2.04. The molecule has 1 unspecified atom stereocenters. The summed E-state index contributed by atoms with van der Waals surface area (Å²) in [5, 5.41) is 19.0. The number of allylic oxidation sites excluding steroid dienone is 1. The molecule has 0 saturated heterocycles. The van der Waals surface area contributed by atoms with Gasteiger partial charge < -0.3 is 10.2 Å². The Kier molecular flexibility index (Phi) is 5.43. The van der Waals surface area contributed by atoms with E-state index in [0.717, 1.165) is 12.8 Å². The van der Waals surface area contributed by atoms with Crippen molar-refractivity contribution in [3.8, 4) is 0 Å². The van der Waals surface area contributed by atoms with E-state index in [1.54, 1.807) is 6.08 Å². The van der Waals surface area contributed by atoms with E-state index in [-0.39, 0.29) is 5.78 Å². The molecule has 0 fully saturated rings. The van der Waals surface area contributed by atoms with Gasteiger partial charge in [-0.15, -0.1) is 0 Å². The monoisotopic (exact) mass is 224 g/mol. The fraction of sp³-hybridized carbons (Fsp3) is 0.615. The van der Waals surface area contributed by atoms with Crippen LogP contribution in [0.25, 0.3) is 0 Å². The van der Waals surface area contributed by atoms with Gasteiger partial charge in [0.15, 0.2) is 5.78 Å². The maximum absolute atomic E-state index is 11.4. The molecular weight excluding hydrogens is 204 g/mol. The predicted molar refractivity (Wildman–Crippen MR) is 62.9 cm³/mol. The Balaban J connectivity index is 2.65. The Morgan fingerprint density at radius 3 is 2.69 bits per heavy atom. The minimum atomic E-state index is -0.784. The topological polar surface area (TPSA) is 57.5 Å². The van der Waals surface area contributed by atoms with Crippen LogP contribution in [-0.4, -0.2) is 28.2 Å². The fourth-order valence-electron chi connectivity index (χ4n) is 1.80. The molecular formula is C13H20O3. The van der Waals surface area contributed by atoms with Crippen LogP contribution in [0.3, 0.4) is 0 Å². The zero-order valence-electron chi connectivity index (χ0n) is 9.67. The van der Waals surface area contributed by atoms with Crippen LogP contribution in [0, 0.1) is 5.92 Å². The Morgan fingerprint density at radius 2 is 1.94 bits per heavy atom. The van der Waals surface area contributed by atoms with Gasteiger partial charge >= 0.3 is 0 Å². The molecule has 0 aromatic rings. The zero-order valence-corrected chi connectivity index (χ0v) is 9.67. The summed E-state index contributed by atoms with van der Waals surface area (Å²) >= 11 is 0. The molecule has 1 aliphatic carbocycles. The molecule has 3 heteroatoms. The molecule has 0 bridgehead atoms. The molecule has 1 aliphatic rings. The van der Waals surface area contributed by atoms with Crippen molar-refractivity contribution >= 4 is 5.78 Å². The van der Waals surface area contributed by atoms with E-state index in [9.17, 15) is 15.0 Å². The number of aliphatic hydroxyl groups is 2. The summed E-state index contributed by atoms with van der Waals surface area (Å²) in [6.07, 6.45) is 7.77. The van der Waals surface area contributed by atoms with E-state index in [0.29, 0.717) is 18.8 Å². The third-order valence-electron chi connectivity index (χ3n) is 2.76. The second kappa shape index (κ2) is 6.61. The highest BCUT2D eigenvalue weighted by molar-refractivity contribution is 5.89. The number of carbonyl (C=O) groups is 1. The van der Waals surface area contributed by atoms with Crippen LogP contribution in [0.4, 0.5) is 0 Å². The molecule has 3 atom stereocenters. The van der Waals surface area contributed by atoms with Crippen LogP contribution in [0.5, 0.6) is 0 Å². The Hall–Kier alpha value is -0.930. The molecule has 0 spiro atoms. The first-order valence-electron chi connectivity index (χ1n) is 5.83. The van der Waals surface area contributed by atoms with Crippen molar-refractivity contribution in [1.82, 2.24) is 0 Å². The summed E-state index contributed by atoms with van der Waals surface area (Å²) in [5.74, 6) is 0.394. The molecule has 0 aromatic carbocycles. The zero-order chi connectivity index (χ0) is 12.0. The van der Waals surface area contributed by atoms with E-state index < -0.39 is 12.2 Å². The molecule has 90 valence electrons. The van der Waals surface area contributed by atoms with E-state index in [1.807, 2.05) is 6.92 Å². The Morgan fingerprint density at radius 1 is 1.19 bits per heavy atom. The van der Waals surface area contributed by atoms with Crippen LogP contribution >= 0.6 is 0 Å². The molecule has 2 N–H and O–H groups in total. The third-order valence-corrected chi connectivity index (χ3v) is 2.76. The standard InChI is InChI=1S/C13H20O3/c1-10-3-2-4-11(14)5-6-12(15)7-8-13(16)9-10/h5-8,10-12,14-15H,2-4,9H2,1H3/b6-5-,8-7+/t10-,11?,12-/m0/s1.